The van der Waals surface area contributed by atoms with Gasteiger partial charge >= 0.3 is 6.09 Å². The van der Waals surface area contributed by atoms with E-state index in [1.165, 1.54) is 32.5 Å². The maximum Gasteiger partial charge on any atom is 0.407 e. The molecule has 0 aromatic heterocycles. The van der Waals surface area contributed by atoms with Crippen LogP contribution in [0.4, 0.5) is 4.79 Å². The average molecular weight is 268 g/mol. The van der Waals surface area contributed by atoms with Gasteiger partial charge in [0.2, 0.25) is 0 Å². The van der Waals surface area contributed by atoms with Gasteiger partial charge in [-0.05, 0) is 50.1 Å². The van der Waals surface area contributed by atoms with E-state index in [1.54, 1.807) is 4.90 Å². The molecule has 2 aliphatic heterocycles. The Kier molecular flexibility index (Phi) is 3.93. The van der Waals surface area contributed by atoms with Crippen molar-refractivity contribution in [3.05, 3.63) is 0 Å². The molecular formula is C14H24N2O3. The van der Waals surface area contributed by atoms with Gasteiger partial charge in [0.1, 0.15) is 0 Å². The second-order valence-electron chi connectivity index (χ2n) is 6.16. The molecule has 1 saturated carbocycles. The minimum Gasteiger partial charge on any atom is -0.465 e. The van der Waals surface area contributed by atoms with Crippen LogP contribution in [0.1, 0.15) is 19.3 Å². The van der Waals surface area contributed by atoms with E-state index in [9.17, 15) is 4.79 Å². The maximum atomic E-state index is 10.8. The van der Waals surface area contributed by atoms with Gasteiger partial charge in [0, 0.05) is 26.2 Å². The molecule has 5 heteroatoms. The van der Waals surface area contributed by atoms with Gasteiger partial charge < -0.3 is 19.6 Å². The van der Waals surface area contributed by atoms with E-state index in [0.717, 1.165) is 32.7 Å². The van der Waals surface area contributed by atoms with Crippen molar-refractivity contribution in [2.75, 3.05) is 45.9 Å². The van der Waals surface area contributed by atoms with Crippen LogP contribution >= 0.6 is 0 Å². The summed E-state index contributed by atoms with van der Waals surface area (Å²) in [6, 6.07) is 0. The van der Waals surface area contributed by atoms with Gasteiger partial charge in [0.05, 0.1) is 6.61 Å². The molecule has 108 valence electrons. The number of rotatable bonds is 6. The molecule has 1 amide bonds. The van der Waals surface area contributed by atoms with E-state index in [-0.39, 0.29) is 0 Å². The Balaban J connectivity index is 1.22. The highest BCUT2D eigenvalue weighted by atomic mass is 16.5. The van der Waals surface area contributed by atoms with Crippen molar-refractivity contribution in [1.29, 1.82) is 0 Å². The Hall–Kier alpha value is -0.810. The Morgan fingerprint density at radius 3 is 2.53 bits per heavy atom. The monoisotopic (exact) mass is 268 g/mol. The van der Waals surface area contributed by atoms with Gasteiger partial charge in [-0.25, -0.2) is 4.79 Å². The van der Waals surface area contributed by atoms with E-state index in [2.05, 4.69) is 4.90 Å². The standard InChI is InChI=1S/C14H24N2O3/c17-14(18)16-8-11-12(9-16)13(11)10-19-7-3-6-15-4-1-2-5-15/h11-13H,1-10H2,(H,17,18). The summed E-state index contributed by atoms with van der Waals surface area (Å²) in [7, 11) is 0. The molecule has 0 bridgehead atoms. The Bertz CT molecular complexity index is 319. The van der Waals surface area contributed by atoms with Crippen molar-refractivity contribution in [3.8, 4) is 0 Å². The van der Waals surface area contributed by atoms with Gasteiger partial charge in [-0.3, -0.25) is 0 Å². The molecule has 2 unspecified atom stereocenters. The molecule has 2 atom stereocenters. The maximum absolute atomic E-state index is 10.8. The van der Waals surface area contributed by atoms with Crippen molar-refractivity contribution in [2.24, 2.45) is 17.8 Å². The largest absolute Gasteiger partial charge is 0.465 e. The van der Waals surface area contributed by atoms with Crippen LogP contribution in [0.2, 0.25) is 0 Å². The number of amides is 1. The fourth-order valence-corrected chi connectivity index (χ4v) is 3.67. The first-order chi connectivity index (χ1) is 9.25. The van der Waals surface area contributed by atoms with E-state index in [1.807, 2.05) is 0 Å². The molecule has 0 aromatic rings. The number of hydrogen-bond acceptors (Lipinski definition) is 3. The van der Waals surface area contributed by atoms with Gasteiger partial charge in [0.15, 0.2) is 0 Å². The minimum atomic E-state index is -0.766. The SMILES string of the molecule is O=C(O)N1CC2C(COCCCN3CCCC3)C2C1. The van der Waals surface area contributed by atoms with Crippen molar-refractivity contribution >= 4 is 6.09 Å². The molecule has 0 aromatic carbocycles. The van der Waals surface area contributed by atoms with Crippen molar-refractivity contribution in [2.45, 2.75) is 19.3 Å². The Morgan fingerprint density at radius 1 is 1.21 bits per heavy atom. The van der Waals surface area contributed by atoms with Crippen LogP contribution in [0.3, 0.4) is 0 Å². The Labute approximate surface area is 114 Å². The zero-order chi connectivity index (χ0) is 13.2. The van der Waals surface area contributed by atoms with Gasteiger partial charge in [0.25, 0.3) is 0 Å². The second kappa shape index (κ2) is 5.67. The van der Waals surface area contributed by atoms with Gasteiger partial charge in [-0.15, -0.1) is 0 Å². The summed E-state index contributed by atoms with van der Waals surface area (Å²) in [6.07, 6.45) is 3.07. The lowest BCUT2D eigenvalue weighted by Crippen LogP contribution is -2.30. The number of fused-ring (bicyclic) bond motifs is 1. The highest BCUT2D eigenvalue weighted by Crippen LogP contribution is 2.51. The van der Waals surface area contributed by atoms with Gasteiger partial charge in [-0.2, -0.15) is 0 Å². The molecule has 0 radical (unpaired) electrons. The highest BCUT2D eigenvalue weighted by Gasteiger charge is 2.56. The minimum absolute atomic E-state index is 0.578. The van der Waals surface area contributed by atoms with E-state index in [0.29, 0.717) is 17.8 Å². The number of nitrogens with zero attached hydrogens (tertiary/aromatic N) is 2. The predicted molar refractivity (Wildman–Crippen MR) is 71.2 cm³/mol. The van der Waals surface area contributed by atoms with Crippen LogP contribution in [0, 0.1) is 17.8 Å². The number of carboxylic acid groups (broad SMARTS) is 1. The molecule has 0 spiro atoms. The molecule has 3 fully saturated rings. The third-order valence-electron chi connectivity index (χ3n) is 4.91. The van der Waals surface area contributed by atoms with E-state index < -0.39 is 6.09 Å². The number of piperidine rings is 1. The normalized spacial score (nSPS) is 33.7. The van der Waals surface area contributed by atoms with Crippen molar-refractivity contribution in [1.82, 2.24) is 9.80 Å². The first kappa shape index (κ1) is 13.2. The summed E-state index contributed by atoms with van der Waals surface area (Å²) >= 11 is 0. The average Bonchev–Trinajstić information content (AvgIpc) is 2.82. The molecule has 19 heavy (non-hydrogen) atoms. The fourth-order valence-electron chi connectivity index (χ4n) is 3.67. The first-order valence-corrected chi connectivity index (χ1v) is 7.53. The lowest BCUT2D eigenvalue weighted by atomic mass is 10.3. The summed E-state index contributed by atoms with van der Waals surface area (Å²) < 4.78 is 5.76. The lowest BCUT2D eigenvalue weighted by molar-refractivity contribution is 0.0990. The summed E-state index contributed by atoms with van der Waals surface area (Å²) in [5.74, 6) is 1.78. The topological polar surface area (TPSA) is 53.0 Å². The highest BCUT2D eigenvalue weighted by molar-refractivity contribution is 5.65. The van der Waals surface area contributed by atoms with Crippen LogP contribution in [-0.4, -0.2) is 66.9 Å². The Morgan fingerprint density at radius 2 is 1.89 bits per heavy atom. The number of carbonyl (C=O) groups is 1. The zero-order valence-corrected chi connectivity index (χ0v) is 11.5. The van der Waals surface area contributed by atoms with E-state index >= 15 is 0 Å². The van der Waals surface area contributed by atoms with E-state index in [4.69, 9.17) is 9.84 Å². The molecular weight excluding hydrogens is 244 g/mol. The van der Waals surface area contributed by atoms with Crippen LogP contribution in [0.15, 0.2) is 0 Å². The summed E-state index contributed by atoms with van der Waals surface area (Å²) in [5, 5.41) is 8.88. The lowest BCUT2D eigenvalue weighted by Gasteiger charge is -2.16. The number of likely N-dealkylation sites (tertiary alicyclic amines) is 2. The summed E-state index contributed by atoms with van der Waals surface area (Å²) in [5.41, 5.74) is 0. The summed E-state index contributed by atoms with van der Waals surface area (Å²) in [4.78, 5) is 14.8. The predicted octanol–water partition coefficient (Wildman–Crippen LogP) is 1.34. The molecule has 2 heterocycles. The third-order valence-corrected chi connectivity index (χ3v) is 4.91. The summed E-state index contributed by atoms with van der Waals surface area (Å²) in [6.45, 7) is 6.83. The second-order valence-corrected chi connectivity index (χ2v) is 6.16. The first-order valence-electron chi connectivity index (χ1n) is 7.53. The molecule has 1 N–H and O–H groups in total. The van der Waals surface area contributed by atoms with Gasteiger partial charge in [-0.1, -0.05) is 0 Å². The van der Waals surface area contributed by atoms with Crippen molar-refractivity contribution < 1.29 is 14.6 Å². The number of ether oxygens (including phenoxy) is 1. The molecule has 5 nitrogen and oxygen atoms in total. The fraction of sp³-hybridized carbons (Fsp3) is 0.929. The molecule has 3 aliphatic rings. The van der Waals surface area contributed by atoms with Crippen LogP contribution in [0.5, 0.6) is 0 Å². The van der Waals surface area contributed by atoms with Crippen LogP contribution < -0.4 is 0 Å². The number of hydrogen-bond donors (Lipinski definition) is 1. The quantitative estimate of drug-likeness (QED) is 0.739. The molecule has 1 aliphatic carbocycles. The van der Waals surface area contributed by atoms with Crippen LogP contribution in [0.25, 0.3) is 0 Å². The smallest absolute Gasteiger partial charge is 0.407 e. The zero-order valence-electron chi connectivity index (χ0n) is 11.5. The molecule has 3 rings (SSSR count). The third kappa shape index (κ3) is 3.03. The van der Waals surface area contributed by atoms with Crippen molar-refractivity contribution in [3.63, 3.8) is 0 Å². The van der Waals surface area contributed by atoms with Crippen LogP contribution in [-0.2, 0) is 4.74 Å². The molecule has 2 saturated heterocycles.